The summed E-state index contributed by atoms with van der Waals surface area (Å²) in [6, 6.07) is 13.0. The van der Waals surface area contributed by atoms with Crippen LogP contribution in [0.5, 0.6) is 0 Å². The number of fused-ring (bicyclic) bond motifs is 1. The maximum Gasteiger partial charge on any atom is 0.105 e. The van der Waals surface area contributed by atoms with E-state index in [-0.39, 0.29) is 5.54 Å². The second-order valence-corrected chi connectivity index (χ2v) is 7.15. The van der Waals surface area contributed by atoms with Crippen molar-refractivity contribution in [3.8, 4) is 0 Å². The maximum atomic E-state index is 5.08. The van der Waals surface area contributed by atoms with Gasteiger partial charge >= 0.3 is 0 Å². The molecular weight excluding hydrogens is 280 g/mol. The fourth-order valence-electron chi connectivity index (χ4n) is 3.51. The standard InChI is InChI=1S/C21H26N2/c1-15(2)14-18-11-10-17-12-13-23(5)21(4,20(17)22-18)19-9-7-6-8-16(19)3/h6-13,15H,14H2,1-5H3. The van der Waals surface area contributed by atoms with Gasteiger partial charge in [-0.15, -0.1) is 0 Å². The van der Waals surface area contributed by atoms with Crippen LogP contribution in [0.25, 0.3) is 6.08 Å². The molecule has 1 aliphatic heterocycles. The lowest BCUT2D eigenvalue weighted by atomic mass is 9.80. The number of rotatable bonds is 3. The van der Waals surface area contributed by atoms with Crippen LogP contribution in [0.15, 0.2) is 42.6 Å². The molecule has 2 heteroatoms. The molecule has 0 radical (unpaired) electrons. The lowest BCUT2D eigenvalue weighted by molar-refractivity contribution is 0.243. The molecule has 0 amide bonds. The van der Waals surface area contributed by atoms with Crippen molar-refractivity contribution in [1.82, 2.24) is 9.88 Å². The number of aromatic nitrogens is 1. The average molecular weight is 306 g/mol. The summed E-state index contributed by atoms with van der Waals surface area (Å²) in [7, 11) is 2.14. The van der Waals surface area contributed by atoms with Gasteiger partial charge in [0, 0.05) is 24.5 Å². The van der Waals surface area contributed by atoms with Crippen LogP contribution in [0, 0.1) is 12.8 Å². The van der Waals surface area contributed by atoms with Crippen molar-refractivity contribution in [2.45, 2.75) is 39.7 Å². The monoisotopic (exact) mass is 306 g/mol. The number of benzene rings is 1. The summed E-state index contributed by atoms with van der Waals surface area (Å²) in [6.07, 6.45) is 5.35. The summed E-state index contributed by atoms with van der Waals surface area (Å²) < 4.78 is 0. The molecule has 0 spiro atoms. The van der Waals surface area contributed by atoms with Crippen molar-refractivity contribution in [2.24, 2.45) is 5.92 Å². The van der Waals surface area contributed by atoms with Crippen LogP contribution in [0.2, 0.25) is 0 Å². The molecule has 1 atom stereocenters. The summed E-state index contributed by atoms with van der Waals surface area (Å²) >= 11 is 0. The zero-order chi connectivity index (χ0) is 16.6. The molecule has 0 saturated heterocycles. The molecule has 1 unspecified atom stereocenters. The predicted molar refractivity (Wildman–Crippen MR) is 97.2 cm³/mol. The minimum atomic E-state index is -0.234. The fourth-order valence-corrected chi connectivity index (χ4v) is 3.51. The summed E-state index contributed by atoms with van der Waals surface area (Å²) in [5.74, 6) is 0.613. The molecule has 1 aromatic carbocycles. The van der Waals surface area contributed by atoms with Gasteiger partial charge in [-0.2, -0.15) is 0 Å². The van der Waals surface area contributed by atoms with Crippen LogP contribution < -0.4 is 0 Å². The molecular formula is C21H26N2. The van der Waals surface area contributed by atoms with Crippen LogP contribution in [-0.2, 0) is 12.0 Å². The van der Waals surface area contributed by atoms with E-state index in [0.717, 1.165) is 12.1 Å². The van der Waals surface area contributed by atoms with Crippen molar-refractivity contribution >= 4 is 6.08 Å². The third-order valence-corrected chi connectivity index (χ3v) is 4.92. The Morgan fingerprint density at radius 2 is 1.87 bits per heavy atom. The van der Waals surface area contributed by atoms with Crippen molar-refractivity contribution in [3.63, 3.8) is 0 Å². The Morgan fingerprint density at radius 1 is 1.13 bits per heavy atom. The number of hydrogen-bond donors (Lipinski definition) is 0. The summed E-state index contributed by atoms with van der Waals surface area (Å²) in [5.41, 5.74) is 5.96. The Morgan fingerprint density at radius 3 is 2.57 bits per heavy atom. The highest BCUT2D eigenvalue weighted by Gasteiger charge is 2.38. The first kappa shape index (κ1) is 15.8. The highest BCUT2D eigenvalue weighted by atomic mass is 15.2. The number of hydrogen-bond acceptors (Lipinski definition) is 2. The van der Waals surface area contributed by atoms with E-state index in [1.54, 1.807) is 0 Å². The number of aryl methyl sites for hydroxylation is 1. The summed E-state index contributed by atoms with van der Waals surface area (Å²) in [5, 5.41) is 0. The molecule has 0 N–H and O–H groups in total. The van der Waals surface area contributed by atoms with E-state index in [1.165, 1.54) is 22.4 Å². The van der Waals surface area contributed by atoms with E-state index in [9.17, 15) is 0 Å². The Labute approximate surface area is 139 Å². The van der Waals surface area contributed by atoms with Gasteiger partial charge in [0.2, 0.25) is 0 Å². The van der Waals surface area contributed by atoms with E-state index >= 15 is 0 Å². The highest BCUT2D eigenvalue weighted by Crippen LogP contribution is 2.40. The second kappa shape index (κ2) is 5.84. The van der Waals surface area contributed by atoms with E-state index in [0.29, 0.717) is 5.92 Å². The number of pyridine rings is 1. The van der Waals surface area contributed by atoms with Crippen LogP contribution in [0.1, 0.15) is 48.8 Å². The van der Waals surface area contributed by atoms with Gasteiger partial charge in [-0.1, -0.05) is 44.2 Å². The second-order valence-electron chi connectivity index (χ2n) is 7.15. The number of nitrogens with zero attached hydrogens (tertiary/aromatic N) is 2. The Kier molecular flexibility index (Phi) is 4.01. The van der Waals surface area contributed by atoms with Gasteiger partial charge in [0.15, 0.2) is 0 Å². The Balaban J connectivity index is 2.19. The highest BCUT2D eigenvalue weighted by molar-refractivity contribution is 5.59. The molecule has 1 aromatic heterocycles. The minimum absolute atomic E-state index is 0.234. The lowest BCUT2D eigenvalue weighted by Gasteiger charge is -2.42. The molecule has 0 aliphatic carbocycles. The topological polar surface area (TPSA) is 16.1 Å². The third kappa shape index (κ3) is 2.67. The summed E-state index contributed by atoms with van der Waals surface area (Å²) in [6.45, 7) is 8.95. The molecule has 120 valence electrons. The van der Waals surface area contributed by atoms with Gasteiger partial charge < -0.3 is 4.90 Å². The smallest absolute Gasteiger partial charge is 0.105 e. The van der Waals surface area contributed by atoms with Crippen LogP contribution >= 0.6 is 0 Å². The van der Waals surface area contributed by atoms with Crippen molar-refractivity contribution in [1.29, 1.82) is 0 Å². The van der Waals surface area contributed by atoms with E-state index in [1.807, 2.05) is 0 Å². The SMILES string of the molecule is Cc1ccccc1C1(C)c2nc(CC(C)C)ccc2C=CN1C. The van der Waals surface area contributed by atoms with Crippen molar-refractivity contribution < 1.29 is 0 Å². The first-order valence-electron chi connectivity index (χ1n) is 8.40. The minimum Gasteiger partial charge on any atom is -0.366 e. The van der Waals surface area contributed by atoms with Gasteiger partial charge in [0.25, 0.3) is 0 Å². The molecule has 3 rings (SSSR count). The average Bonchev–Trinajstić information content (AvgIpc) is 2.51. The molecule has 2 nitrogen and oxygen atoms in total. The maximum absolute atomic E-state index is 5.08. The van der Waals surface area contributed by atoms with E-state index in [2.05, 4.69) is 88.3 Å². The largest absolute Gasteiger partial charge is 0.366 e. The first-order valence-corrected chi connectivity index (χ1v) is 8.40. The zero-order valence-electron chi connectivity index (χ0n) is 14.8. The van der Waals surface area contributed by atoms with Crippen LogP contribution in [0.4, 0.5) is 0 Å². The third-order valence-electron chi connectivity index (χ3n) is 4.92. The molecule has 2 heterocycles. The fraction of sp³-hybridized carbons (Fsp3) is 0.381. The van der Waals surface area contributed by atoms with Gasteiger partial charge in [0.1, 0.15) is 5.54 Å². The quantitative estimate of drug-likeness (QED) is 0.812. The van der Waals surface area contributed by atoms with E-state index in [4.69, 9.17) is 4.98 Å². The zero-order valence-corrected chi connectivity index (χ0v) is 14.8. The van der Waals surface area contributed by atoms with Crippen molar-refractivity contribution in [3.05, 3.63) is 70.7 Å². The lowest BCUT2D eigenvalue weighted by Crippen LogP contribution is -2.42. The molecule has 0 bridgehead atoms. The van der Waals surface area contributed by atoms with Crippen molar-refractivity contribution in [2.75, 3.05) is 7.05 Å². The van der Waals surface area contributed by atoms with Crippen LogP contribution in [0.3, 0.4) is 0 Å². The molecule has 0 fully saturated rings. The summed E-state index contributed by atoms with van der Waals surface area (Å²) in [4.78, 5) is 7.36. The molecule has 23 heavy (non-hydrogen) atoms. The molecule has 1 aliphatic rings. The van der Waals surface area contributed by atoms with Gasteiger partial charge in [-0.25, -0.2) is 0 Å². The normalized spacial score (nSPS) is 20.0. The molecule has 0 saturated carbocycles. The predicted octanol–water partition coefficient (Wildman–Crippen LogP) is 4.77. The Hall–Kier alpha value is -2.09. The molecule has 2 aromatic rings. The Bertz CT molecular complexity index is 745. The van der Waals surface area contributed by atoms with Crippen LogP contribution in [-0.4, -0.2) is 16.9 Å². The van der Waals surface area contributed by atoms with Gasteiger partial charge in [-0.3, -0.25) is 4.98 Å². The van der Waals surface area contributed by atoms with E-state index < -0.39 is 0 Å². The first-order chi connectivity index (χ1) is 10.9. The van der Waals surface area contributed by atoms with Gasteiger partial charge in [0.05, 0.1) is 5.69 Å². The van der Waals surface area contributed by atoms with Gasteiger partial charge in [-0.05, 0) is 49.5 Å².